The summed E-state index contributed by atoms with van der Waals surface area (Å²) in [5.41, 5.74) is 0.836. The van der Waals surface area contributed by atoms with Crippen molar-refractivity contribution in [2.75, 3.05) is 4.72 Å². The smallest absolute Gasteiger partial charge is 0.263 e. The molecular weight excluding hydrogens is 387 g/mol. The quantitative estimate of drug-likeness (QED) is 0.789. The minimum atomic E-state index is -3.78. The average Bonchev–Trinajstić information content (AvgIpc) is 2.32. The van der Waals surface area contributed by atoms with Crippen LogP contribution in [0.5, 0.6) is 0 Å². The molecule has 2 rings (SSSR count). The summed E-state index contributed by atoms with van der Waals surface area (Å²) < 4.78 is 27.7. The molecule has 1 aromatic heterocycles. The van der Waals surface area contributed by atoms with Gasteiger partial charge in [-0.15, -0.1) is 0 Å². The van der Waals surface area contributed by atoms with Crippen LogP contribution < -0.4 is 4.72 Å². The molecule has 0 radical (unpaired) electrons. The van der Waals surface area contributed by atoms with Gasteiger partial charge in [-0.3, -0.25) is 4.72 Å². The second-order valence-corrected chi connectivity index (χ2v) is 7.31. The van der Waals surface area contributed by atoms with Crippen molar-refractivity contribution < 1.29 is 8.42 Å². The molecule has 20 heavy (non-hydrogen) atoms. The fourth-order valence-corrected chi connectivity index (χ4v) is 3.88. The number of aromatic nitrogens is 1. The topological polar surface area (TPSA) is 59.1 Å². The monoisotopic (exact) mass is 394 g/mol. The van der Waals surface area contributed by atoms with Crippen molar-refractivity contribution in [3.63, 3.8) is 0 Å². The zero-order valence-electron chi connectivity index (χ0n) is 10.2. The van der Waals surface area contributed by atoms with Gasteiger partial charge in [-0.05, 0) is 37.3 Å². The molecule has 0 unspecified atom stereocenters. The van der Waals surface area contributed by atoms with Crippen molar-refractivity contribution in [1.82, 2.24) is 4.98 Å². The molecule has 8 heteroatoms. The molecule has 0 saturated carbocycles. The highest BCUT2D eigenvalue weighted by Gasteiger charge is 2.19. The zero-order chi connectivity index (χ0) is 14.9. The number of sulfonamides is 1. The van der Waals surface area contributed by atoms with Crippen LogP contribution in [0, 0.1) is 6.92 Å². The molecule has 106 valence electrons. The van der Waals surface area contributed by atoms with Crippen molar-refractivity contribution in [2.45, 2.75) is 11.8 Å². The van der Waals surface area contributed by atoms with Gasteiger partial charge in [-0.1, -0.05) is 39.1 Å². The Bertz CT molecular complexity index is 766. The molecule has 0 spiro atoms. The molecule has 0 bridgehead atoms. The minimum absolute atomic E-state index is 0.00304. The third-order valence-electron chi connectivity index (χ3n) is 2.48. The van der Waals surface area contributed by atoms with Gasteiger partial charge in [0, 0.05) is 4.47 Å². The van der Waals surface area contributed by atoms with E-state index in [0.717, 1.165) is 0 Å². The summed E-state index contributed by atoms with van der Waals surface area (Å²) in [4.78, 5) is 3.98. The average molecular weight is 396 g/mol. The molecule has 0 aliphatic rings. The molecule has 0 aliphatic heterocycles. The normalized spacial score (nSPS) is 11.4. The van der Waals surface area contributed by atoms with Crippen LogP contribution >= 0.6 is 39.1 Å². The summed E-state index contributed by atoms with van der Waals surface area (Å²) in [6, 6.07) is 7.61. The van der Waals surface area contributed by atoms with E-state index < -0.39 is 10.0 Å². The Morgan fingerprint density at radius 1 is 1.20 bits per heavy atom. The highest BCUT2D eigenvalue weighted by molar-refractivity contribution is 9.10. The highest BCUT2D eigenvalue weighted by atomic mass is 79.9. The Balaban J connectivity index is 2.41. The first-order chi connectivity index (χ1) is 9.29. The Morgan fingerprint density at radius 3 is 2.50 bits per heavy atom. The number of rotatable bonds is 3. The van der Waals surface area contributed by atoms with Gasteiger partial charge in [0.05, 0.1) is 16.4 Å². The molecule has 4 nitrogen and oxygen atoms in total. The van der Waals surface area contributed by atoms with Gasteiger partial charge in [-0.2, -0.15) is 0 Å². The van der Waals surface area contributed by atoms with Crippen LogP contribution in [-0.4, -0.2) is 13.4 Å². The van der Waals surface area contributed by atoms with E-state index in [1.165, 1.54) is 18.2 Å². The van der Waals surface area contributed by atoms with Gasteiger partial charge >= 0.3 is 0 Å². The fraction of sp³-hybridized carbons (Fsp3) is 0.0833. The van der Waals surface area contributed by atoms with Crippen LogP contribution in [0.1, 0.15) is 5.69 Å². The Labute approximate surface area is 135 Å². The van der Waals surface area contributed by atoms with Crippen LogP contribution in [-0.2, 0) is 10.0 Å². The summed E-state index contributed by atoms with van der Waals surface area (Å²) in [5, 5.41) is 0.429. The lowest BCUT2D eigenvalue weighted by Crippen LogP contribution is -2.14. The van der Waals surface area contributed by atoms with Gasteiger partial charge in [0.25, 0.3) is 10.0 Å². The SMILES string of the molecule is Cc1nc(Cl)ccc1NS(=O)(=O)c1ccc(Br)cc1Cl. The van der Waals surface area contributed by atoms with E-state index in [4.69, 9.17) is 23.2 Å². The van der Waals surface area contributed by atoms with E-state index >= 15 is 0 Å². The predicted octanol–water partition coefficient (Wildman–Crippen LogP) is 4.26. The summed E-state index contributed by atoms with van der Waals surface area (Å²) in [7, 11) is -3.78. The molecular formula is C12H9BrCl2N2O2S. The van der Waals surface area contributed by atoms with E-state index in [-0.39, 0.29) is 9.92 Å². The molecule has 1 heterocycles. The molecule has 0 fully saturated rings. The lowest BCUT2D eigenvalue weighted by atomic mass is 10.3. The predicted molar refractivity (Wildman–Crippen MR) is 83.9 cm³/mol. The number of nitrogens with zero attached hydrogens (tertiary/aromatic N) is 1. The van der Waals surface area contributed by atoms with Crippen molar-refractivity contribution in [3.05, 3.63) is 50.7 Å². The first kappa shape index (κ1) is 15.6. The van der Waals surface area contributed by atoms with Gasteiger partial charge in [-0.25, -0.2) is 13.4 Å². The van der Waals surface area contributed by atoms with Crippen LogP contribution in [0.3, 0.4) is 0 Å². The van der Waals surface area contributed by atoms with E-state index in [2.05, 4.69) is 25.6 Å². The van der Waals surface area contributed by atoms with Crippen molar-refractivity contribution in [2.24, 2.45) is 0 Å². The largest absolute Gasteiger partial charge is 0.278 e. The molecule has 1 N–H and O–H groups in total. The van der Waals surface area contributed by atoms with E-state index in [0.29, 0.717) is 21.0 Å². The number of halogens is 3. The summed E-state index contributed by atoms with van der Waals surface area (Å²) in [5.74, 6) is 0. The van der Waals surface area contributed by atoms with E-state index in [9.17, 15) is 8.42 Å². The lowest BCUT2D eigenvalue weighted by Gasteiger charge is -2.11. The third kappa shape index (κ3) is 3.44. The highest BCUT2D eigenvalue weighted by Crippen LogP contribution is 2.27. The maximum atomic E-state index is 12.3. The van der Waals surface area contributed by atoms with Gasteiger partial charge in [0.2, 0.25) is 0 Å². The van der Waals surface area contributed by atoms with Gasteiger partial charge < -0.3 is 0 Å². The first-order valence-corrected chi connectivity index (χ1v) is 8.44. The second kappa shape index (κ2) is 5.89. The molecule has 2 aromatic rings. The van der Waals surface area contributed by atoms with Crippen molar-refractivity contribution in [1.29, 1.82) is 0 Å². The molecule has 0 aliphatic carbocycles. The maximum Gasteiger partial charge on any atom is 0.263 e. The number of aryl methyl sites for hydroxylation is 1. The van der Waals surface area contributed by atoms with Crippen LogP contribution in [0.15, 0.2) is 39.7 Å². The molecule has 0 amide bonds. The summed E-state index contributed by atoms with van der Waals surface area (Å²) >= 11 is 14.9. The third-order valence-corrected chi connectivity index (χ3v) is 5.03. The van der Waals surface area contributed by atoms with Crippen molar-refractivity contribution >= 4 is 54.8 Å². The van der Waals surface area contributed by atoms with E-state index in [1.807, 2.05) is 0 Å². The van der Waals surface area contributed by atoms with Crippen LogP contribution in [0.4, 0.5) is 5.69 Å². The Morgan fingerprint density at radius 2 is 1.90 bits per heavy atom. The molecule has 0 atom stereocenters. The first-order valence-electron chi connectivity index (χ1n) is 5.40. The number of hydrogen-bond donors (Lipinski definition) is 1. The molecule has 1 aromatic carbocycles. The Kier molecular flexibility index (Phi) is 4.59. The number of nitrogens with one attached hydrogen (secondary N) is 1. The van der Waals surface area contributed by atoms with Crippen molar-refractivity contribution in [3.8, 4) is 0 Å². The standard InChI is InChI=1S/C12H9BrCl2N2O2S/c1-7-10(3-5-12(15)16-7)17-20(18,19)11-4-2-8(13)6-9(11)14/h2-6,17H,1H3. The van der Waals surface area contributed by atoms with Crippen LogP contribution in [0.25, 0.3) is 0 Å². The minimum Gasteiger partial charge on any atom is -0.278 e. The zero-order valence-corrected chi connectivity index (χ0v) is 14.1. The number of pyridine rings is 1. The number of anilines is 1. The van der Waals surface area contributed by atoms with Crippen LogP contribution in [0.2, 0.25) is 10.2 Å². The Hall–Kier alpha value is -0.820. The summed E-state index contributed by atoms with van der Waals surface area (Å²) in [6.45, 7) is 1.66. The van der Waals surface area contributed by atoms with Gasteiger partial charge in [0.15, 0.2) is 0 Å². The second-order valence-electron chi connectivity index (χ2n) is 3.95. The maximum absolute atomic E-state index is 12.3. The van der Waals surface area contributed by atoms with E-state index in [1.54, 1.807) is 19.1 Å². The van der Waals surface area contributed by atoms with Gasteiger partial charge in [0.1, 0.15) is 10.0 Å². The number of hydrogen-bond acceptors (Lipinski definition) is 3. The number of benzene rings is 1. The fourth-order valence-electron chi connectivity index (χ4n) is 1.53. The molecule has 0 saturated heterocycles. The summed E-state index contributed by atoms with van der Waals surface area (Å²) in [6.07, 6.45) is 0. The lowest BCUT2D eigenvalue weighted by molar-refractivity contribution is 0.601.